The highest BCUT2D eigenvalue weighted by molar-refractivity contribution is 7.99. The lowest BCUT2D eigenvalue weighted by atomic mass is 10.1. The minimum atomic E-state index is -0.472. The number of hydrogen-bond donors (Lipinski definition) is 2. The number of nitrogens with one attached hydrogen (secondary N) is 2. The van der Waals surface area contributed by atoms with Crippen LogP contribution in [0.15, 0.2) is 59.5 Å². The topological polar surface area (TPSA) is 84.5 Å². The third kappa shape index (κ3) is 6.91. The van der Waals surface area contributed by atoms with Gasteiger partial charge in [-0.05, 0) is 37.1 Å². The number of anilines is 1. The van der Waals surface area contributed by atoms with E-state index in [1.807, 2.05) is 30.3 Å². The van der Waals surface area contributed by atoms with E-state index in [1.165, 1.54) is 0 Å². The molecule has 0 saturated heterocycles. The lowest BCUT2D eigenvalue weighted by Crippen LogP contribution is -2.33. The molecule has 1 saturated carbocycles. The van der Waals surface area contributed by atoms with Crippen LogP contribution >= 0.6 is 11.8 Å². The fourth-order valence-electron chi connectivity index (χ4n) is 3.30. The normalized spacial score (nSPS) is 13.6. The van der Waals surface area contributed by atoms with Crippen LogP contribution in [0.5, 0.6) is 0 Å². The summed E-state index contributed by atoms with van der Waals surface area (Å²) < 4.78 is 5.06. The lowest BCUT2D eigenvalue weighted by molar-refractivity contribution is -0.146. The van der Waals surface area contributed by atoms with Gasteiger partial charge in [0.1, 0.15) is 0 Å². The number of carbonyl (C=O) groups is 3. The Bertz CT molecular complexity index is 867. The van der Waals surface area contributed by atoms with Gasteiger partial charge in [-0.15, -0.1) is 11.8 Å². The summed E-state index contributed by atoms with van der Waals surface area (Å²) in [6.07, 6.45) is 4.43. The molecule has 1 aliphatic rings. The Morgan fingerprint density at radius 2 is 1.67 bits per heavy atom. The summed E-state index contributed by atoms with van der Waals surface area (Å²) in [6.45, 7) is -0.382. The Labute approximate surface area is 180 Å². The van der Waals surface area contributed by atoms with Gasteiger partial charge in [0.2, 0.25) is 0 Å². The van der Waals surface area contributed by atoms with Crippen molar-refractivity contribution in [3.63, 3.8) is 0 Å². The summed E-state index contributed by atoms with van der Waals surface area (Å²) in [4.78, 5) is 37.7. The molecule has 0 aliphatic heterocycles. The summed E-state index contributed by atoms with van der Waals surface area (Å²) in [5.74, 6) is -0.525. The van der Waals surface area contributed by atoms with Crippen molar-refractivity contribution in [2.45, 2.75) is 43.0 Å². The minimum absolute atomic E-state index is 0.191. The maximum Gasteiger partial charge on any atom is 0.307 e. The van der Waals surface area contributed by atoms with Crippen molar-refractivity contribution in [3.05, 3.63) is 60.2 Å². The molecule has 158 valence electrons. The van der Waals surface area contributed by atoms with E-state index in [-0.39, 0.29) is 25.0 Å². The molecule has 3 rings (SSSR count). The lowest BCUT2D eigenvalue weighted by Gasteiger charge is -2.15. The Morgan fingerprint density at radius 3 is 2.43 bits per heavy atom. The molecular formula is C23H26N2O4S. The van der Waals surface area contributed by atoms with Gasteiger partial charge in [-0.3, -0.25) is 14.4 Å². The van der Waals surface area contributed by atoms with E-state index >= 15 is 0 Å². The zero-order valence-corrected chi connectivity index (χ0v) is 17.6. The average Bonchev–Trinajstić information content (AvgIpc) is 3.26. The molecule has 7 heteroatoms. The summed E-state index contributed by atoms with van der Waals surface area (Å²) in [5, 5.41) is 5.69. The van der Waals surface area contributed by atoms with Gasteiger partial charge in [0, 0.05) is 16.7 Å². The zero-order valence-electron chi connectivity index (χ0n) is 16.8. The van der Waals surface area contributed by atoms with Crippen molar-refractivity contribution in [2.24, 2.45) is 0 Å². The molecule has 6 nitrogen and oxygen atoms in total. The molecule has 0 radical (unpaired) electrons. The van der Waals surface area contributed by atoms with Gasteiger partial charge in [0.05, 0.1) is 17.7 Å². The predicted octanol–water partition coefficient (Wildman–Crippen LogP) is 4.02. The van der Waals surface area contributed by atoms with E-state index in [9.17, 15) is 14.4 Å². The zero-order chi connectivity index (χ0) is 21.2. The van der Waals surface area contributed by atoms with E-state index in [1.54, 1.807) is 36.0 Å². The number of hydrogen-bond acceptors (Lipinski definition) is 5. The third-order valence-corrected chi connectivity index (χ3v) is 5.83. The number of benzene rings is 2. The molecule has 2 amide bonds. The number of thioether (sulfide) groups is 1. The Kier molecular flexibility index (Phi) is 8.32. The van der Waals surface area contributed by atoms with Gasteiger partial charge in [0.15, 0.2) is 6.61 Å². The molecule has 0 aromatic heterocycles. The highest BCUT2D eigenvalue weighted by Gasteiger charge is 2.20. The van der Waals surface area contributed by atoms with E-state index in [0.717, 1.165) is 30.6 Å². The summed E-state index contributed by atoms with van der Waals surface area (Å²) in [7, 11) is 0. The van der Waals surface area contributed by atoms with Gasteiger partial charge >= 0.3 is 5.97 Å². The predicted molar refractivity (Wildman–Crippen MR) is 118 cm³/mol. The molecular weight excluding hydrogens is 400 g/mol. The van der Waals surface area contributed by atoms with Crippen LogP contribution < -0.4 is 10.6 Å². The molecule has 1 aliphatic carbocycles. The summed E-state index contributed by atoms with van der Waals surface area (Å²) in [6, 6.07) is 16.8. The van der Waals surface area contributed by atoms with Crippen molar-refractivity contribution >= 4 is 35.2 Å². The molecule has 0 bridgehead atoms. The van der Waals surface area contributed by atoms with Gasteiger partial charge in [0.25, 0.3) is 11.8 Å². The number of para-hydroxylation sites is 1. The highest BCUT2D eigenvalue weighted by Crippen LogP contribution is 2.20. The Hall–Kier alpha value is -2.80. The molecule has 0 spiro atoms. The molecule has 0 atom stereocenters. The second kappa shape index (κ2) is 11.4. The smallest absolute Gasteiger partial charge is 0.307 e. The standard InChI is InChI=1S/C23H26N2O4S/c26-21(16-29-22(27)14-15-30-18-10-2-1-3-11-18)25-20-13-7-6-12-19(20)23(28)24-17-8-4-5-9-17/h1-3,6-7,10-13,17H,4-5,8-9,14-16H2,(H,24,28)(H,25,26). The van der Waals surface area contributed by atoms with Crippen LogP contribution in [-0.4, -0.2) is 36.2 Å². The first kappa shape index (κ1) is 21.9. The van der Waals surface area contributed by atoms with Crippen LogP contribution in [0.25, 0.3) is 0 Å². The summed E-state index contributed by atoms with van der Waals surface area (Å²) in [5.41, 5.74) is 0.817. The first-order valence-corrected chi connectivity index (χ1v) is 11.1. The van der Waals surface area contributed by atoms with E-state index in [0.29, 0.717) is 17.0 Å². The number of esters is 1. The summed E-state index contributed by atoms with van der Waals surface area (Å²) >= 11 is 1.56. The SMILES string of the molecule is O=C(COC(=O)CCSc1ccccc1)Nc1ccccc1C(=O)NC1CCCC1. The first-order chi connectivity index (χ1) is 14.6. The quantitative estimate of drug-likeness (QED) is 0.467. The van der Waals surface area contributed by atoms with Gasteiger partial charge in [-0.25, -0.2) is 0 Å². The Morgan fingerprint density at radius 1 is 0.967 bits per heavy atom. The molecule has 1 fully saturated rings. The number of ether oxygens (including phenoxy) is 1. The van der Waals surface area contributed by atoms with Crippen molar-refractivity contribution in [1.82, 2.24) is 5.32 Å². The maximum atomic E-state index is 12.6. The second-order valence-electron chi connectivity index (χ2n) is 7.12. The van der Waals surface area contributed by atoms with Crippen molar-refractivity contribution < 1.29 is 19.1 Å². The van der Waals surface area contributed by atoms with Crippen molar-refractivity contribution in [3.8, 4) is 0 Å². The number of carbonyl (C=O) groups excluding carboxylic acids is 3. The maximum absolute atomic E-state index is 12.6. The minimum Gasteiger partial charge on any atom is -0.456 e. The first-order valence-electron chi connectivity index (χ1n) is 10.1. The van der Waals surface area contributed by atoms with Crippen LogP contribution in [-0.2, 0) is 14.3 Å². The fourth-order valence-corrected chi connectivity index (χ4v) is 4.15. The van der Waals surface area contributed by atoms with E-state index < -0.39 is 11.9 Å². The van der Waals surface area contributed by atoms with E-state index in [4.69, 9.17) is 4.74 Å². The molecule has 0 heterocycles. The third-order valence-electron chi connectivity index (χ3n) is 4.82. The second-order valence-corrected chi connectivity index (χ2v) is 8.29. The van der Waals surface area contributed by atoms with Crippen molar-refractivity contribution in [1.29, 1.82) is 0 Å². The highest BCUT2D eigenvalue weighted by atomic mass is 32.2. The van der Waals surface area contributed by atoms with Gasteiger partial charge in [-0.1, -0.05) is 43.2 Å². The van der Waals surface area contributed by atoms with Crippen LogP contribution in [0, 0.1) is 0 Å². The van der Waals surface area contributed by atoms with Crippen LogP contribution in [0.1, 0.15) is 42.5 Å². The van der Waals surface area contributed by atoms with Crippen LogP contribution in [0.2, 0.25) is 0 Å². The largest absolute Gasteiger partial charge is 0.456 e. The van der Waals surface area contributed by atoms with Crippen LogP contribution in [0.4, 0.5) is 5.69 Å². The fraction of sp³-hybridized carbons (Fsp3) is 0.348. The van der Waals surface area contributed by atoms with Gasteiger partial charge in [-0.2, -0.15) is 0 Å². The number of amides is 2. The average molecular weight is 427 g/mol. The molecule has 2 aromatic rings. The van der Waals surface area contributed by atoms with Gasteiger partial charge < -0.3 is 15.4 Å². The molecule has 2 aromatic carbocycles. The molecule has 2 N–H and O–H groups in total. The Balaban J connectivity index is 1.43. The molecule has 0 unspecified atom stereocenters. The monoisotopic (exact) mass is 426 g/mol. The van der Waals surface area contributed by atoms with Crippen LogP contribution in [0.3, 0.4) is 0 Å². The molecule has 30 heavy (non-hydrogen) atoms. The number of rotatable bonds is 9. The van der Waals surface area contributed by atoms with E-state index in [2.05, 4.69) is 10.6 Å². The van der Waals surface area contributed by atoms with Crippen molar-refractivity contribution in [2.75, 3.05) is 17.7 Å².